The van der Waals surface area contributed by atoms with Crippen LogP contribution >= 0.6 is 0 Å². The second kappa shape index (κ2) is 13.6. The molecule has 2 heterocycles. The molecule has 3 amide bonds. The number of nitrogens with two attached hydrogens (primary N) is 1. The molecule has 2 aromatic rings. The van der Waals surface area contributed by atoms with E-state index in [-0.39, 0.29) is 42.6 Å². The van der Waals surface area contributed by atoms with Crippen molar-refractivity contribution in [2.75, 3.05) is 24.1 Å². The van der Waals surface area contributed by atoms with Crippen molar-refractivity contribution in [3.63, 3.8) is 0 Å². The fourth-order valence-electron chi connectivity index (χ4n) is 3.56. The van der Waals surface area contributed by atoms with Gasteiger partial charge in [0.15, 0.2) is 11.5 Å². The summed E-state index contributed by atoms with van der Waals surface area (Å²) >= 11 is 0. The highest BCUT2D eigenvalue weighted by Gasteiger charge is 2.32. The first-order chi connectivity index (χ1) is 18.7. The maximum absolute atomic E-state index is 12.4. The summed E-state index contributed by atoms with van der Waals surface area (Å²) in [6.45, 7) is 5.86. The van der Waals surface area contributed by atoms with Gasteiger partial charge < -0.3 is 21.2 Å². The van der Waals surface area contributed by atoms with E-state index in [1.807, 2.05) is 0 Å². The van der Waals surface area contributed by atoms with Crippen LogP contribution in [0, 0.1) is 0 Å². The number of anilines is 2. The zero-order valence-corrected chi connectivity index (χ0v) is 21.5. The minimum Gasteiger partial charge on any atom is -0.380 e. The number of aliphatic imine (C=N–C) groups is 2. The van der Waals surface area contributed by atoms with E-state index in [4.69, 9.17) is 10.6 Å². The van der Waals surface area contributed by atoms with E-state index < -0.39 is 23.3 Å². The number of nitrogens with zero attached hydrogens (tertiary/aromatic N) is 4. The second-order valence-electron chi connectivity index (χ2n) is 8.67. The van der Waals surface area contributed by atoms with Gasteiger partial charge in [0.1, 0.15) is 0 Å². The maximum atomic E-state index is 12.4. The average molecular weight is 539 g/mol. The number of imide groups is 1. The van der Waals surface area contributed by atoms with Crippen molar-refractivity contribution < 1.29 is 24.0 Å². The number of carbonyl (C=O) groups excluding carboxylic acids is 4. The summed E-state index contributed by atoms with van der Waals surface area (Å²) in [7, 11) is 0. The van der Waals surface area contributed by atoms with E-state index in [2.05, 4.69) is 37.3 Å². The molecule has 0 saturated carbocycles. The molecule has 0 spiro atoms. The topological polar surface area (TPSA) is 201 Å². The molecule has 206 valence electrons. The zero-order chi connectivity index (χ0) is 28.4. The maximum Gasteiger partial charge on any atom is 0.333 e. The predicted octanol–water partition coefficient (Wildman–Crippen LogP) is 1.79. The number of aromatic nitrogens is 2. The standard InChI is InChI=1S/C25H30N8O6/c1-15(30-21-22(27-2)31-25(26)32-24(21)38)14-29-17-9-7-16(8-10-17)23(37)28-13-5-3-4-6-20(36)39-33-18(34)11-12-19(33)35/h7-10,29H,2-6,11-14H2,1H3,(H,28,37)(H3,26,31,32,38)/b30-15+. The lowest BCUT2D eigenvalue weighted by Gasteiger charge is -2.12. The van der Waals surface area contributed by atoms with Crippen molar-refractivity contribution in [2.24, 2.45) is 9.98 Å². The molecule has 14 nitrogen and oxygen atoms in total. The van der Waals surface area contributed by atoms with Gasteiger partial charge in [-0.1, -0.05) is 6.42 Å². The monoisotopic (exact) mass is 538 g/mol. The highest BCUT2D eigenvalue weighted by atomic mass is 16.7. The van der Waals surface area contributed by atoms with Crippen LogP contribution in [0.3, 0.4) is 0 Å². The summed E-state index contributed by atoms with van der Waals surface area (Å²) in [6.07, 6.45) is 1.99. The molecule has 1 aromatic carbocycles. The Balaban J connectivity index is 1.36. The molecule has 1 aromatic heterocycles. The summed E-state index contributed by atoms with van der Waals surface area (Å²) in [6, 6.07) is 6.85. The Labute approximate surface area is 223 Å². The van der Waals surface area contributed by atoms with Crippen LogP contribution in [0.15, 0.2) is 39.0 Å². The first-order valence-electron chi connectivity index (χ1n) is 12.3. The number of hydrogen-bond donors (Lipinski definition) is 4. The number of benzene rings is 1. The number of H-pyrrole nitrogens is 1. The van der Waals surface area contributed by atoms with E-state index in [1.165, 1.54) is 0 Å². The van der Waals surface area contributed by atoms with Crippen molar-refractivity contribution in [3.8, 4) is 0 Å². The Hall–Kier alpha value is -4.88. The Morgan fingerprint density at radius 3 is 2.49 bits per heavy atom. The molecule has 14 heteroatoms. The van der Waals surface area contributed by atoms with E-state index in [9.17, 15) is 24.0 Å². The zero-order valence-electron chi connectivity index (χ0n) is 21.5. The molecule has 1 aliphatic rings. The first-order valence-corrected chi connectivity index (χ1v) is 12.3. The van der Waals surface area contributed by atoms with Crippen molar-refractivity contribution >= 4 is 59.3 Å². The minimum atomic E-state index is -0.632. The molecule has 0 unspecified atom stereocenters. The van der Waals surface area contributed by atoms with Crippen LogP contribution < -0.4 is 21.9 Å². The molecular weight excluding hydrogens is 508 g/mol. The number of nitrogen functional groups attached to an aromatic ring is 1. The summed E-state index contributed by atoms with van der Waals surface area (Å²) in [5.74, 6) is -1.91. The lowest BCUT2D eigenvalue weighted by molar-refractivity contribution is -0.197. The lowest BCUT2D eigenvalue weighted by atomic mass is 10.1. The van der Waals surface area contributed by atoms with Crippen LogP contribution in [0.25, 0.3) is 0 Å². The van der Waals surface area contributed by atoms with E-state index in [0.29, 0.717) is 48.7 Å². The first kappa shape index (κ1) is 28.7. The van der Waals surface area contributed by atoms with Crippen molar-refractivity contribution in [1.29, 1.82) is 0 Å². The van der Waals surface area contributed by atoms with Gasteiger partial charge in [-0.3, -0.25) is 24.2 Å². The van der Waals surface area contributed by atoms with E-state index >= 15 is 0 Å². The highest BCUT2D eigenvalue weighted by molar-refractivity contribution is 6.01. The molecular formula is C25H30N8O6. The third-order valence-electron chi connectivity index (χ3n) is 5.58. The van der Waals surface area contributed by atoms with Crippen LogP contribution in [-0.4, -0.2) is 64.2 Å². The fraction of sp³-hybridized carbons (Fsp3) is 0.360. The van der Waals surface area contributed by atoms with Gasteiger partial charge in [-0.25, -0.2) is 14.8 Å². The van der Waals surface area contributed by atoms with Gasteiger partial charge in [-0.2, -0.15) is 4.98 Å². The normalized spacial score (nSPS) is 13.4. The molecule has 0 aliphatic carbocycles. The smallest absolute Gasteiger partial charge is 0.333 e. The summed E-state index contributed by atoms with van der Waals surface area (Å²) in [4.78, 5) is 78.2. The van der Waals surface area contributed by atoms with Crippen LogP contribution in [0.5, 0.6) is 0 Å². The van der Waals surface area contributed by atoms with Gasteiger partial charge in [0.25, 0.3) is 23.3 Å². The van der Waals surface area contributed by atoms with E-state index in [1.54, 1.807) is 31.2 Å². The summed E-state index contributed by atoms with van der Waals surface area (Å²) in [5.41, 5.74) is 6.82. The highest BCUT2D eigenvalue weighted by Crippen LogP contribution is 2.21. The Morgan fingerprint density at radius 2 is 1.82 bits per heavy atom. The number of rotatable bonds is 13. The minimum absolute atomic E-state index is 0.0144. The van der Waals surface area contributed by atoms with Crippen LogP contribution in [0.1, 0.15) is 55.8 Å². The fourth-order valence-corrected chi connectivity index (χ4v) is 3.56. The van der Waals surface area contributed by atoms with Gasteiger partial charge in [0.05, 0.1) is 6.54 Å². The Kier molecular flexibility index (Phi) is 10.0. The number of nitrogens with one attached hydrogen (secondary N) is 3. The van der Waals surface area contributed by atoms with Crippen molar-refractivity contribution in [3.05, 3.63) is 40.2 Å². The van der Waals surface area contributed by atoms with Crippen LogP contribution in [0.4, 0.5) is 23.1 Å². The molecule has 1 aliphatic heterocycles. The Morgan fingerprint density at radius 1 is 1.13 bits per heavy atom. The largest absolute Gasteiger partial charge is 0.380 e. The number of aromatic amines is 1. The van der Waals surface area contributed by atoms with E-state index in [0.717, 1.165) is 5.69 Å². The summed E-state index contributed by atoms with van der Waals surface area (Å²) < 4.78 is 0. The third-order valence-corrected chi connectivity index (χ3v) is 5.58. The molecule has 0 atom stereocenters. The predicted molar refractivity (Wildman–Crippen MR) is 144 cm³/mol. The summed E-state index contributed by atoms with van der Waals surface area (Å²) in [5, 5.41) is 6.52. The number of hydroxylamine groups is 2. The van der Waals surface area contributed by atoms with Crippen LogP contribution in [-0.2, 0) is 19.2 Å². The average Bonchev–Trinajstić information content (AvgIpc) is 3.22. The number of unbranched alkanes of at least 4 members (excludes halogenated alkanes) is 2. The van der Waals surface area contributed by atoms with Gasteiger partial charge in [-0.05, 0) is 50.7 Å². The quantitative estimate of drug-likeness (QED) is 0.167. The number of carbonyl (C=O) groups is 4. The molecule has 1 fully saturated rings. The molecule has 5 N–H and O–H groups in total. The lowest BCUT2D eigenvalue weighted by Crippen LogP contribution is -2.31. The van der Waals surface area contributed by atoms with Crippen LogP contribution in [0.2, 0.25) is 0 Å². The molecule has 0 bridgehead atoms. The van der Waals surface area contributed by atoms with Gasteiger partial charge in [0.2, 0.25) is 5.95 Å². The second-order valence-corrected chi connectivity index (χ2v) is 8.67. The molecule has 39 heavy (non-hydrogen) atoms. The van der Waals surface area contributed by atoms with Crippen molar-refractivity contribution in [2.45, 2.75) is 45.4 Å². The van der Waals surface area contributed by atoms with Gasteiger partial charge in [0, 0.05) is 42.8 Å². The molecule has 3 rings (SSSR count). The Bertz CT molecular complexity index is 1320. The number of hydrogen-bond acceptors (Lipinski definition) is 11. The van der Waals surface area contributed by atoms with Gasteiger partial charge in [-0.15, -0.1) is 5.06 Å². The van der Waals surface area contributed by atoms with Gasteiger partial charge >= 0.3 is 5.97 Å². The molecule has 1 saturated heterocycles. The number of amides is 3. The third kappa shape index (κ3) is 8.31. The van der Waals surface area contributed by atoms with Crippen molar-refractivity contribution in [1.82, 2.24) is 20.3 Å². The molecule has 0 radical (unpaired) electrons. The SMILES string of the molecule is C=Nc1nc(N)[nH]c(=O)c1/N=C(\C)CNc1ccc(C(=O)NCCCCCC(=O)ON2C(=O)CCC2=O)cc1.